The minimum absolute atomic E-state index is 0.117. The molecule has 0 aromatic carbocycles. The monoisotopic (exact) mass is 284 g/mol. The van der Waals surface area contributed by atoms with Crippen LogP contribution in [-0.4, -0.2) is 35.2 Å². The van der Waals surface area contributed by atoms with Crippen molar-refractivity contribution in [2.45, 2.75) is 6.42 Å². The van der Waals surface area contributed by atoms with Crippen molar-refractivity contribution in [3.05, 3.63) is 21.9 Å². The quantitative estimate of drug-likeness (QED) is 0.613. The third kappa shape index (κ3) is 5.45. The molecule has 1 aromatic rings. The average Bonchev–Trinajstić information content (AvgIpc) is 2.80. The molecule has 0 aliphatic rings. The zero-order valence-corrected chi connectivity index (χ0v) is 11.8. The van der Waals surface area contributed by atoms with Gasteiger partial charge in [-0.05, 0) is 12.5 Å². The number of thiophene rings is 1. The van der Waals surface area contributed by atoms with Crippen LogP contribution >= 0.6 is 11.3 Å². The Balaban J connectivity index is 2.42. The molecule has 1 amide bonds. The number of amides is 1. The molecule has 0 bridgehead atoms. The fourth-order valence-corrected chi connectivity index (χ4v) is 2.54. The Hall–Kier alpha value is -1.16. The molecule has 0 aliphatic heterocycles. The predicted octanol–water partition coefficient (Wildman–Crippen LogP) is 0.557. The first-order valence-electron chi connectivity index (χ1n) is 5.49. The van der Waals surface area contributed by atoms with E-state index in [0.29, 0.717) is 24.4 Å². The lowest BCUT2D eigenvalue weighted by Gasteiger charge is -2.01. The molecule has 1 aromatic heterocycles. The van der Waals surface area contributed by atoms with Gasteiger partial charge in [0.2, 0.25) is 0 Å². The van der Waals surface area contributed by atoms with E-state index in [1.807, 2.05) is 0 Å². The van der Waals surface area contributed by atoms with Crippen LogP contribution in [0.3, 0.4) is 0 Å². The maximum Gasteiger partial charge on any atom is 0.252 e. The minimum Gasteiger partial charge on any atom is -0.352 e. The van der Waals surface area contributed by atoms with Gasteiger partial charge in [-0.3, -0.25) is 9.00 Å². The average molecular weight is 284 g/mol. The first kappa shape index (κ1) is 14.9. The zero-order valence-electron chi connectivity index (χ0n) is 10.2. The van der Waals surface area contributed by atoms with Crippen LogP contribution in [0.1, 0.15) is 21.7 Å². The second-order valence-electron chi connectivity index (χ2n) is 3.59. The number of hydrogen-bond donors (Lipinski definition) is 2. The van der Waals surface area contributed by atoms with Crippen LogP contribution in [0.4, 0.5) is 0 Å². The van der Waals surface area contributed by atoms with Gasteiger partial charge in [0.15, 0.2) is 0 Å². The topological polar surface area (TPSA) is 72.2 Å². The standard InChI is InChI=1S/C12H16N2O2S2/c1-18(16)7-3-6-14-12(15)10-8-11(17-9-10)4-2-5-13/h8-9H,3,5-7,13H2,1H3,(H,14,15). The molecule has 98 valence electrons. The highest BCUT2D eigenvalue weighted by atomic mass is 32.2. The van der Waals surface area contributed by atoms with Crippen molar-refractivity contribution >= 4 is 28.0 Å². The summed E-state index contributed by atoms with van der Waals surface area (Å²) in [5.41, 5.74) is 5.89. The molecule has 1 atom stereocenters. The van der Waals surface area contributed by atoms with Crippen molar-refractivity contribution in [2.75, 3.05) is 25.1 Å². The molecule has 0 aliphatic carbocycles. The summed E-state index contributed by atoms with van der Waals surface area (Å²) in [4.78, 5) is 12.6. The Morgan fingerprint density at radius 3 is 3.06 bits per heavy atom. The second kappa shape index (κ2) is 8.03. The number of hydrogen-bond acceptors (Lipinski definition) is 4. The normalized spacial score (nSPS) is 11.4. The van der Waals surface area contributed by atoms with E-state index in [1.54, 1.807) is 17.7 Å². The van der Waals surface area contributed by atoms with Crippen LogP contribution in [-0.2, 0) is 10.8 Å². The van der Waals surface area contributed by atoms with E-state index >= 15 is 0 Å². The van der Waals surface area contributed by atoms with Crippen LogP contribution in [0.25, 0.3) is 0 Å². The van der Waals surface area contributed by atoms with E-state index in [1.165, 1.54) is 11.3 Å². The number of carbonyl (C=O) groups is 1. The second-order valence-corrected chi connectivity index (χ2v) is 6.06. The van der Waals surface area contributed by atoms with Gasteiger partial charge in [-0.1, -0.05) is 11.8 Å². The fourth-order valence-electron chi connectivity index (χ4n) is 1.24. The summed E-state index contributed by atoms with van der Waals surface area (Å²) in [5.74, 6) is 6.12. The molecule has 0 saturated carbocycles. The molecule has 0 radical (unpaired) electrons. The van der Waals surface area contributed by atoms with Gasteiger partial charge in [-0.2, -0.15) is 0 Å². The number of nitrogens with one attached hydrogen (secondary N) is 1. The van der Waals surface area contributed by atoms with Crippen molar-refractivity contribution in [3.63, 3.8) is 0 Å². The molecular formula is C12H16N2O2S2. The van der Waals surface area contributed by atoms with Crippen LogP contribution in [0, 0.1) is 11.8 Å². The summed E-state index contributed by atoms with van der Waals surface area (Å²) >= 11 is 1.42. The third-order valence-electron chi connectivity index (χ3n) is 2.07. The van der Waals surface area contributed by atoms with Crippen LogP contribution in [0.15, 0.2) is 11.4 Å². The van der Waals surface area contributed by atoms with Crippen LogP contribution < -0.4 is 11.1 Å². The van der Waals surface area contributed by atoms with Crippen LogP contribution in [0.2, 0.25) is 0 Å². The molecule has 0 spiro atoms. The Bertz CT molecular complexity index is 486. The Morgan fingerprint density at radius 2 is 2.39 bits per heavy atom. The largest absolute Gasteiger partial charge is 0.352 e. The smallest absolute Gasteiger partial charge is 0.252 e. The van der Waals surface area contributed by atoms with E-state index in [-0.39, 0.29) is 5.91 Å². The lowest BCUT2D eigenvalue weighted by molar-refractivity contribution is 0.0954. The van der Waals surface area contributed by atoms with Gasteiger partial charge in [-0.15, -0.1) is 11.3 Å². The summed E-state index contributed by atoms with van der Waals surface area (Å²) in [6, 6.07) is 1.75. The van der Waals surface area contributed by atoms with Gasteiger partial charge in [0, 0.05) is 34.7 Å². The Kier molecular flexibility index (Phi) is 6.65. The van der Waals surface area contributed by atoms with E-state index in [2.05, 4.69) is 17.2 Å². The van der Waals surface area contributed by atoms with E-state index in [0.717, 1.165) is 11.3 Å². The molecule has 6 heteroatoms. The van der Waals surface area contributed by atoms with E-state index in [9.17, 15) is 9.00 Å². The summed E-state index contributed by atoms with van der Waals surface area (Å²) in [6.07, 6.45) is 2.38. The highest BCUT2D eigenvalue weighted by Gasteiger charge is 2.07. The van der Waals surface area contributed by atoms with E-state index < -0.39 is 10.8 Å². The maximum absolute atomic E-state index is 11.7. The molecule has 0 fully saturated rings. The molecule has 1 unspecified atom stereocenters. The third-order valence-corrected chi connectivity index (χ3v) is 3.78. The first-order valence-corrected chi connectivity index (χ1v) is 8.10. The zero-order chi connectivity index (χ0) is 13.4. The van der Waals surface area contributed by atoms with Gasteiger partial charge in [0.25, 0.3) is 5.91 Å². The molecule has 4 nitrogen and oxygen atoms in total. The highest BCUT2D eigenvalue weighted by molar-refractivity contribution is 7.84. The first-order chi connectivity index (χ1) is 8.63. The fraction of sp³-hybridized carbons (Fsp3) is 0.417. The predicted molar refractivity (Wildman–Crippen MR) is 76.1 cm³/mol. The lowest BCUT2D eigenvalue weighted by atomic mass is 10.3. The van der Waals surface area contributed by atoms with Gasteiger partial charge in [0.1, 0.15) is 0 Å². The van der Waals surface area contributed by atoms with Gasteiger partial charge in [-0.25, -0.2) is 0 Å². The van der Waals surface area contributed by atoms with Gasteiger partial charge < -0.3 is 11.1 Å². The number of carbonyl (C=O) groups excluding carboxylic acids is 1. The lowest BCUT2D eigenvalue weighted by Crippen LogP contribution is -2.24. The van der Waals surface area contributed by atoms with Gasteiger partial charge in [0.05, 0.1) is 17.0 Å². The maximum atomic E-state index is 11.7. The molecule has 1 heterocycles. The number of rotatable bonds is 5. The molecular weight excluding hydrogens is 268 g/mol. The SMILES string of the molecule is CS(=O)CCCNC(=O)c1csc(C#CCN)c1. The molecule has 18 heavy (non-hydrogen) atoms. The Morgan fingerprint density at radius 1 is 1.61 bits per heavy atom. The molecule has 0 saturated heterocycles. The Labute approximate surface area is 113 Å². The highest BCUT2D eigenvalue weighted by Crippen LogP contribution is 2.13. The summed E-state index contributed by atoms with van der Waals surface area (Å²) in [6.45, 7) is 0.853. The summed E-state index contributed by atoms with van der Waals surface area (Å²) in [7, 11) is -0.804. The minimum atomic E-state index is -0.804. The summed E-state index contributed by atoms with van der Waals surface area (Å²) < 4.78 is 10.8. The number of nitrogens with two attached hydrogens (primary N) is 1. The molecule has 1 rings (SSSR count). The van der Waals surface area contributed by atoms with Crippen molar-refractivity contribution in [3.8, 4) is 11.8 Å². The summed E-state index contributed by atoms with van der Waals surface area (Å²) in [5, 5.41) is 4.56. The van der Waals surface area contributed by atoms with Crippen molar-refractivity contribution in [2.24, 2.45) is 5.73 Å². The van der Waals surface area contributed by atoms with Crippen molar-refractivity contribution < 1.29 is 9.00 Å². The van der Waals surface area contributed by atoms with Crippen LogP contribution in [0.5, 0.6) is 0 Å². The van der Waals surface area contributed by atoms with E-state index in [4.69, 9.17) is 5.73 Å². The van der Waals surface area contributed by atoms with Crippen molar-refractivity contribution in [1.82, 2.24) is 5.32 Å². The van der Waals surface area contributed by atoms with Gasteiger partial charge >= 0.3 is 0 Å². The van der Waals surface area contributed by atoms with Crippen molar-refractivity contribution in [1.29, 1.82) is 0 Å². The molecule has 3 N–H and O–H groups in total.